The number of hydrogen-bond acceptors (Lipinski definition) is 4. The summed E-state index contributed by atoms with van der Waals surface area (Å²) in [6.45, 7) is 2.41. The molecule has 110 valence electrons. The van der Waals surface area contributed by atoms with Crippen molar-refractivity contribution in [3.63, 3.8) is 0 Å². The van der Waals surface area contributed by atoms with Gasteiger partial charge in [-0.05, 0) is 42.4 Å². The van der Waals surface area contributed by atoms with Crippen molar-refractivity contribution in [3.05, 3.63) is 46.8 Å². The summed E-state index contributed by atoms with van der Waals surface area (Å²) in [6, 6.07) is 6.85. The molecule has 1 fully saturated rings. The molecule has 1 aromatic carbocycles. The number of nitrogens with one attached hydrogen (secondary N) is 1. The van der Waals surface area contributed by atoms with Crippen molar-refractivity contribution in [3.8, 4) is 0 Å². The van der Waals surface area contributed by atoms with Gasteiger partial charge < -0.3 is 5.11 Å². The normalized spacial score (nSPS) is 25.4. The lowest BCUT2D eigenvalue weighted by Gasteiger charge is -2.21. The predicted octanol–water partition coefficient (Wildman–Crippen LogP) is 1.39. The van der Waals surface area contributed by atoms with Gasteiger partial charge in [-0.25, -0.2) is 0 Å². The summed E-state index contributed by atoms with van der Waals surface area (Å²) in [6.07, 6.45) is 6.06. The van der Waals surface area contributed by atoms with Gasteiger partial charge in [0.25, 0.3) is 0 Å². The van der Waals surface area contributed by atoms with Crippen molar-refractivity contribution in [1.29, 1.82) is 0 Å². The molecule has 1 aliphatic carbocycles. The second-order valence-electron chi connectivity index (χ2n) is 6.30. The van der Waals surface area contributed by atoms with E-state index < -0.39 is 5.60 Å². The molecule has 1 atom stereocenters. The zero-order valence-corrected chi connectivity index (χ0v) is 12.0. The van der Waals surface area contributed by atoms with Crippen LogP contribution in [-0.4, -0.2) is 38.5 Å². The van der Waals surface area contributed by atoms with Crippen molar-refractivity contribution >= 4 is 0 Å². The number of likely N-dealkylation sites (tertiary alicyclic amines) is 1. The summed E-state index contributed by atoms with van der Waals surface area (Å²) in [5, 5.41) is 21.1. The molecule has 1 unspecified atom stereocenters. The molecule has 0 radical (unpaired) electrons. The fourth-order valence-electron chi connectivity index (χ4n) is 3.62. The molecule has 21 heavy (non-hydrogen) atoms. The van der Waals surface area contributed by atoms with Crippen LogP contribution in [0.15, 0.2) is 24.4 Å². The SMILES string of the molecule is OC1(c2cn[nH]n2)CCN(Cc2ccc3c(c2)CCC3)C1. The van der Waals surface area contributed by atoms with Crippen molar-refractivity contribution in [2.24, 2.45) is 0 Å². The summed E-state index contributed by atoms with van der Waals surface area (Å²) in [5.41, 5.74) is 4.17. The quantitative estimate of drug-likeness (QED) is 0.894. The number of H-pyrrole nitrogens is 1. The zero-order chi connectivity index (χ0) is 14.3. The molecule has 1 saturated heterocycles. The Bertz CT molecular complexity index is 640. The number of aromatic amines is 1. The number of aryl methyl sites for hydroxylation is 2. The third-order valence-corrected chi connectivity index (χ3v) is 4.79. The maximum atomic E-state index is 10.7. The van der Waals surface area contributed by atoms with Gasteiger partial charge in [-0.1, -0.05) is 18.2 Å². The summed E-state index contributed by atoms with van der Waals surface area (Å²) in [7, 11) is 0. The largest absolute Gasteiger partial charge is 0.382 e. The number of aromatic nitrogens is 3. The van der Waals surface area contributed by atoms with E-state index in [0.717, 1.165) is 13.1 Å². The van der Waals surface area contributed by atoms with Crippen molar-refractivity contribution in [1.82, 2.24) is 20.3 Å². The summed E-state index contributed by atoms with van der Waals surface area (Å²) in [4.78, 5) is 2.30. The highest BCUT2D eigenvalue weighted by Crippen LogP contribution is 2.31. The van der Waals surface area contributed by atoms with Gasteiger partial charge in [0, 0.05) is 19.6 Å². The van der Waals surface area contributed by atoms with Gasteiger partial charge in [-0.2, -0.15) is 15.4 Å². The number of β-amino-alcohol motifs (C(OH)–C–C–N with tert-alkyl or cyclic N) is 1. The minimum Gasteiger partial charge on any atom is -0.382 e. The summed E-state index contributed by atoms with van der Waals surface area (Å²) >= 11 is 0. The molecular weight excluding hydrogens is 264 g/mol. The second kappa shape index (κ2) is 4.93. The topological polar surface area (TPSA) is 65.0 Å². The number of rotatable bonds is 3. The van der Waals surface area contributed by atoms with Crippen LogP contribution in [0.4, 0.5) is 0 Å². The lowest BCUT2D eigenvalue weighted by Crippen LogP contribution is -2.31. The highest BCUT2D eigenvalue weighted by atomic mass is 16.3. The molecule has 0 spiro atoms. The fraction of sp³-hybridized carbons (Fsp3) is 0.500. The van der Waals surface area contributed by atoms with E-state index in [4.69, 9.17) is 0 Å². The van der Waals surface area contributed by atoms with Crippen LogP contribution in [0.25, 0.3) is 0 Å². The average Bonchev–Trinajstić information content (AvgIpc) is 3.18. The Morgan fingerprint density at radius 3 is 3.05 bits per heavy atom. The molecule has 5 nitrogen and oxygen atoms in total. The van der Waals surface area contributed by atoms with Crippen molar-refractivity contribution in [2.45, 2.75) is 37.8 Å². The number of aliphatic hydroxyl groups is 1. The number of hydrogen-bond donors (Lipinski definition) is 2. The Hall–Kier alpha value is -1.72. The maximum absolute atomic E-state index is 10.7. The predicted molar refractivity (Wildman–Crippen MR) is 78.6 cm³/mol. The highest BCUT2D eigenvalue weighted by Gasteiger charge is 2.39. The number of benzene rings is 1. The van der Waals surface area contributed by atoms with Crippen LogP contribution in [0.5, 0.6) is 0 Å². The Balaban J connectivity index is 1.47. The second-order valence-corrected chi connectivity index (χ2v) is 6.30. The molecule has 4 rings (SSSR count). The number of nitrogens with zero attached hydrogens (tertiary/aromatic N) is 3. The van der Waals surface area contributed by atoms with Gasteiger partial charge in [0.15, 0.2) is 0 Å². The fourth-order valence-corrected chi connectivity index (χ4v) is 3.62. The van der Waals surface area contributed by atoms with Crippen LogP contribution >= 0.6 is 0 Å². The van der Waals surface area contributed by atoms with Crippen LogP contribution in [0.2, 0.25) is 0 Å². The first-order valence-corrected chi connectivity index (χ1v) is 7.65. The van der Waals surface area contributed by atoms with Crippen LogP contribution < -0.4 is 0 Å². The maximum Gasteiger partial charge on any atom is 0.124 e. The molecule has 5 heteroatoms. The third kappa shape index (κ3) is 2.36. The van der Waals surface area contributed by atoms with E-state index in [1.165, 1.54) is 36.0 Å². The monoisotopic (exact) mass is 284 g/mol. The van der Waals surface area contributed by atoms with E-state index >= 15 is 0 Å². The molecule has 2 aromatic rings. The summed E-state index contributed by atoms with van der Waals surface area (Å²) in [5.74, 6) is 0. The van der Waals surface area contributed by atoms with Crippen LogP contribution in [0.3, 0.4) is 0 Å². The minimum atomic E-state index is -0.857. The van der Waals surface area contributed by atoms with Gasteiger partial charge in [0.2, 0.25) is 0 Å². The summed E-state index contributed by atoms with van der Waals surface area (Å²) < 4.78 is 0. The average molecular weight is 284 g/mol. The van der Waals surface area contributed by atoms with E-state index in [2.05, 4.69) is 38.5 Å². The van der Waals surface area contributed by atoms with E-state index in [1.54, 1.807) is 6.20 Å². The van der Waals surface area contributed by atoms with Crippen LogP contribution in [-0.2, 0) is 25.0 Å². The van der Waals surface area contributed by atoms with Crippen molar-refractivity contribution < 1.29 is 5.11 Å². The smallest absolute Gasteiger partial charge is 0.124 e. The molecule has 1 aliphatic heterocycles. The van der Waals surface area contributed by atoms with Crippen LogP contribution in [0.1, 0.15) is 35.2 Å². The van der Waals surface area contributed by atoms with Gasteiger partial charge in [0.1, 0.15) is 11.3 Å². The van der Waals surface area contributed by atoms with E-state index in [9.17, 15) is 5.11 Å². The van der Waals surface area contributed by atoms with Gasteiger partial charge in [-0.3, -0.25) is 4.90 Å². The van der Waals surface area contributed by atoms with Gasteiger partial charge in [0.05, 0.1) is 6.20 Å². The minimum absolute atomic E-state index is 0.622. The molecule has 0 amide bonds. The molecule has 0 bridgehead atoms. The molecule has 1 aromatic heterocycles. The standard InChI is InChI=1S/C16H20N4O/c21-16(15-9-17-19-18-15)6-7-20(11-16)10-12-4-5-13-2-1-3-14(13)8-12/h4-5,8-9,21H,1-3,6-7,10-11H2,(H,17,18,19). The lowest BCUT2D eigenvalue weighted by molar-refractivity contribution is 0.0409. The van der Waals surface area contributed by atoms with Crippen molar-refractivity contribution in [2.75, 3.05) is 13.1 Å². The Kier molecular flexibility index (Phi) is 3.05. The van der Waals surface area contributed by atoms with E-state index in [1.807, 2.05) is 0 Å². The Morgan fingerprint density at radius 2 is 2.19 bits per heavy atom. The molecule has 0 saturated carbocycles. The molecule has 2 heterocycles. The van der Waals surface area contributed by atoms with Gasteiger partial charge >= 0.3 is 0 Å². The first-order chi connectivity index (χ1) is 10.2. The Labute approximate surface area is 124 Å². The first kappa shape index (κ1) is 13.0. The van der Waals surface area contributed by atoms with E-state index in [0.29, 0.717) is 18.7 Å². The lowest BCUT2D eigenvalue weighted by atomic mass is 10.00. The zero-order valence-electron chi connectivity index (χ0n) is 12.0. The van der Waals surface area contributed by atoms with Gasteiger partial charge in [-0.15, -0.1) is 0 Å². The Morgan fingerprint density at radius 1 is 1.29 bits per heavy atom. The van der Waals surface area contributed by atoms with E-state index in [-0.39, 0.29) is 0 Å². The molecular formula is C16H20N4O. The third-order valence-electron chi connectivity index (χ3n) is 4.79. The highest BCUT2D eigenvalue weighted by molar-refractivity contribution is 5.35. The first-order valence-electron chi connectivity index (χ1n) is 7.65. The van der Waals surface area contributed by atoms with Crippen LogP contribution in [0, 0.1) is 0 Å². The molecule has 2 aliphatic rings. The molecule has 2 N–H and O–H groups in total. The number of fused-ring (bicyclic) bond motifs is 1.